The van der Waals surface area contributed by atoms with Crippen molar-refractivity contribution in [1.82, 2.24) is 0 Å². The van der Waals surface area contributed by atoms with Crippen molar-refractivity contribution in [2.45, 2.75) is 64.2 Å². The number of hydrogen-bond donors (Lipinski definition) is 0. The highest BCUT2D eigenvalue weighted by molar-refractivity contribution is 6.32. The third kappa shape index (κ3) is 6.61. The van der Waals surface area contributed by atoms with Gasteiger partial charge in [-0.15, -0.1) is 0 Å². The molecule has 11 aromatic carbocycles. The fourth-order valence-corrected chi connectivity index (χ4v) is 12.8. The molecule has 0 spiro atoms. The Bertz CT molecular complexity index is 3840. The number of anilines is 6. The summed E-state index contributed by atoms with van der Waals surface area (Å²) < 4.78 is 0. The van der Waals surface area contributed by atoms with Crippen molar-refractivity contribution in [3.63, 3.8) is 0 Å². The van der Waals surface area contributed by atoms with Crippen LogP contribution in [0.15, 0.2) is 200 Å². The Labute approximate surface area is 411 Å². The van der Waals surface area contributed by atoms with Crippen LogP contribution in [0, 0.1) is 0 Å². The molecule has 0 unspecified atom stereocenters. The molecular formula is C68H54N2. The molecule has 2 heteroatoms. The van der Waals surface area contributed by atoms with Gasteiger partial charge in [0.05, 0.1) is 22.7 Å². The molecule has 0 bridgehead atoms. The normalized spacial score (nSPS) is 14.2. The van der Waals surface area contributed by atoms with Gasteiger partial charge in [-0.2, -0.15) is 0 Å². The van der Waals surface area contributed by atoms with Crippen LogP contribution >= 0.6 is 0 Å². The van der Waals surface area contributed by atoms with Gasteiger partial charge in [-0.3, -0.25) is 0 Å². The second-order valence-corrected chi connectivity index (χ2v) is 19.9. The lowest BCUT2D eigenvalue weighted by atomic mass is 9.84. The van der Waals surface area contributed by atoms with E-state index in [0.717, 1.165) is 38.5 Å². The van der Waals surface area contributed by atoms with Crippen LogP contribution in [0.3, 0.4) is 0 Å². The molecule has 3 aliphatic rings. The van der Waals surface area contributed by atoms with Crippen molar-refractivity contribution < 1.29 is 0 Å². The molecule has 0 radical (unpaired) electrons. The lowest BCUT2D eigenvalue weighted by molar-refractivity contribution is 0.686. The van der Waals surface area contributed by atoms with E-state index in [-0.39, 0.29) is 0 Å². The molecule has 0 saturated heterocycles. The van der Waals surface area contributed by atoms with E-state index in [0.29, 0.717) is 0 Å². The second-order valence-electron chi connectivity index (χ2n) is 19.9. The summed E-state index contributed by atoms with van der Waals surface area (Å²) in [4.78, 5) is 5.32. The average Bonchev–Trinajstić information content (AvgIpc) is 3.43. The molecule has 3 aliphatic carbocycles. The van der Waals surface area contributed by atoms with E-state index in [1.54, 1.807) is 0 Å². The number of aryl methyl sites for hydroxylation is 3. The Hall–Kier alpha value is -7.94. The summed E-state index contributed by atoms with van der Waals surface area (Å²) in [5.41, 5.74) is 21.1. The van der Waals surface area contributed by atoms with E-state index < -0.39 is 0 Å². The van der Waals surface area contributed by atoms with Gasteiger partial charge in [-0.05, 0) is 167 Å². The molecule has 14 rings (SSSR count). The molecule has 336 valence electrons. The smallest absolute Gasteiger partial charge is 0.0547 e. The summed E-state index contributed by atoms with van der Waals surface area (Å²) in [6, 6.07) is 74.2. The fourth-order valence-electron chi connectivity index (χ4n) is 12.8. The fraction of sp³-hybridized carbons (Fsp3) is 0.147. The van der Waals surface area contributed by atoms with Crippen LogP contribution in [-0.2, 0) is 32.1 Å². The quantitative estimate of drug-likeness (QED) is 0.140. The van der Waals surface area contributed by atoms with E-state index >= 15 is 0 Å². The molecular weight excluding hydrogens is 845 g/mol. The molecule has 0 saturated carbocycles. The van der Waals surface area contributed by atoms with Gasteiger partial charge in [-0.25, -0.2) is 0 Å². The van der Waals surface area contributed by atoms with Gasteiger partial charge in [-0.1, -0.05) is 170 Å². The highest BCUT2D eigenvalue weighted by Gasteiger charge is 2.30. The number of rotatable bonds is 8. The molecule has 0 N–H and O–H groups in total. The Kier molecular flexibility index (Phi) is 9.93. The zero-order chi connectivity index (χ0) is 46.1. The van der Waals surface area contributed by atoms with Crippen LogP contribution in [0.5, 0.6) is 0 Å². The van der Waals surface area contributed by atoms with Crippen molar-refractivity contribution in [3.8, 4) is 22.3 Å². The lowest BCUT2D eigenvalue weighted by Gasteiger charge is -2.35. The van der Waals surface area contributed by atoms with Gasteiger partial charge >= 0.3 is 0 Å². The molecule has 0 fully saturated rings. The monoisotopic (exact) mass is 898 g/mol. The topological polar surface area (TPSA) is 6.48 Å². The van der Waals surface area contributed by atoms with Gasteiger partial charge in [0, 0.05) is 43.9 Å². The van der Waals surface area contributed by atoms with Crippen molar-refractivity contribution in [3.05, 3.63) is 234 Å². The standard InChI is InChI=1S/C68H54N2/c1-3-19-49(20-4-1)59-43-65(69(61-35-15-27-45-23-7-11-31-51(45)61)62-36-16-28-46-24-8-12-32-52(46)62)57-42-40-56-60(50-21-5-2-6-22-50)44-66(58-41-39-55(59)67(57)68(56)58)70(63-37-17-29-47-25-9-13-33-53(47)63)64-38-18-30-48-26-10-14-34-54(48)64/h1-7,11,13,15-23,27-31,33,35-44H,8-10,12,14,24-26,32,34H2. The highest BCUT2D eigenvalue weighted by atomic mass is 15.2. The van der Waals surface area contributed by atoms with E-state index in [1.165, 1.54) is 159 Å². The van der Waals surface area contributed by atoms with Gasteiger partial charge < -0.3 is 9.80 Å². The number of allylic oxidation sites excluding steroid dienone is 1. The Morgan fingerprint density at radius 2 is 0.786 bits per heavy atom. The summed E-state index contributed by atoms with van der Waals surface area (Å²) in [5.74, 6) is 0. The van der Waals surface area contributed by atoms with Gasteiger partial charge in [0.15, 0.2) is 0 Å². The van der Waals surface area contributed by atoms with Gasteiger partial charge in [0.1, 0.15) is 0 Å². The average molecular weight is 899 g/mol. The number of hydrogen-bond acceptors (Lipinski definition) is 2. The zero-order valence-electron chi connectivity index (χ0n) is 39.6. The first-order chi connectivity index (χ1) is 34.8. The molecule has 0 aromatic heterocycles. The van der Waals surface area contributed by atoms with Gasteiger partial charge in [0.25, 0.3) is 0 Å². The SMILES string of the molecule is C1=Cc2c(cccc2N(c2cccc3c2CCCC3)c2cc(-c3ccccc3)c3ccc4c(N(c5cccc6c5CCCC6)c5cccc6ccccc56)cc(-c5ccccc5)c5ccc2c3c54)CC1. The highest BCUT2D eigenvalue weighted by Crippen LogP contribution is 2.54. The minimum absolute atomic E-state index is 1.05. The van der Waals surface area contributed by atoms with E-state index in [9.17, 15) is 0 Å². The first-order valence-electron chi connectivity index (χ1n) is 25.7. The molecule has 0 heterocycles. The first-order valence-corrected chi connectivity index (χ1v) is 25.7. The van der Waals surface area contributed by atoms with Crippen LogP contribution in [0.1, 0.15) is 65.5 Å². The largest absolute Gasteiger partial charge is 0.309 e. The number of benzene rings is 11. The Morgan fingerprint density at radius 3 is 1.40 bits per heavy atom. The molecule has 70 heavy (non-hydrogen) atoms. The van der Waals surface area contributed by atoms with Crippen LogP contribution in [0.2, 0.25) is 0 Å². The zero-order valence-corrected chi connectivity index (χ0v) is 39.6. The molecule has 2 nitrogen and oxygen atoms in total. The molecule has 0 atom stereocenters. The maximum absolute atomic E-state index is 2.68. The maximum Gasteiger partial charge on any atom is 0.0547 e. The second kappa shape index (κ2) is 16.9. The maximum atomic E-state index is 2.68. The van der Waals surface area contributed by atoms with Crippen LogP contribution in [-0.4, -0.2) is 0 Å². The van der Waals surface area contributed by atoms with E-state index in [2.05, 4.69) is 216 Å². The van der Waals surface area contributed by atoms with Crippen molar-refractivity contribution in [2.24, 2.45) is 0 Å². The van der Waals surface area contributed by atoms with Gasteiger partial charge in [0.2, 0.25) is 0 Å². The third-order valence-electron chi connectivity index (χ3n) is 16.0. The minimum atomic E-state index is 1.05. The number of fused-ring (bicyclic) bond motifs is 4. The molecule has 0 aliphatic heterocycles. The summed E-state index contributed by atoms with van der Waals surface area (Å²) in [6.07, 6.45) is 16.2. The predicted molar refractivity (Wildman–Crippen MR) is 299 cm³/mol. The summed E-state index contributed by atoms with van der Waals surface area (Å²) in [6.45, 7) is 0. The Balaban J connectivity index is 1.15. The summed E-state index contributed by atoms with van der Waals surface area (Å²) in [7, 11) is 0. The predicted octanol–water partition coefficient (Wildman–Crippen LogP) is 18.7. The van der Waals surface area contributed by atoms with Crippen LogP contribution in [0.25, 0.3) is 71.4 Å². The summed E-state index contributed by atoms with van der Waals surface area (Å²) in [5, 5.41) is 10.2. The Morgan fingerprint density at radius 1 is 0.314 bits per heavy atom. The van der Waals surface area contributed by atoms with Crippen molar-refractivity contribution in [1.29, 1.82) is 0 Å². The third-order valence-corrected chi connectivity index (χ3v) is 16.0. The number of nitrogens with zero attached hydrogens (tertiary/aromatic N) is 2. The van der Waals surface area contributed by atoms with E-state index in [1.807, 2.05) is 0 Å². The van der Waals surface area contributed by atoms with Crippen LogP contribution in [0.4, 0.5) is 34.1 Å². The molecule has 0 amide bonds. The summed E-state index contributed by atoms with van der Waals surface area (Å²) >= 11 is 0. The minimum Gasteiger partial charge on any atom is -0.309 e. The van der Waals surface area contributed by atoms with E-state index in [4.69, 9.17) is 0 Å². The van der Waals surface area contributed by atoms with Crippen LogP contribution < -0.4 is 9.80 Å². The van der Waals surface area contributed by atoms with Crippen molar-refractivity contribution in [2.75, 3.05) is 9.80 Å². The first kappa shape index (κ1) is 41.1. The molecule has 11 aromatic rings. The lowest BCUT2D eigenvalue weighted by Crippen LogP contribution is -2.18. The van der Waals surface area contributed by atoms with Crippen molar-refractivity contribution >= 4 is 83.3 Å².